The van der Waals surface area contributed by atoms with Crippen LogP contribution in [0.5, 0.6) is 0 Å². The highest BCUT2D eigenvalue weighted by Crippen LogP contribution is 2.27. The van der Waals surface area contributed by atoms with Crippen molar-refractivity contribution in [2.45, 2.75) is 58.9 Å². The van der Waals surface area contributed by atoms with E-state index in [0.29, 0.717) is 12.0 Å². The maximum atomic E-state index is 12.6. The highest BCUT2D eigenvalue weighted by Gasteiger charge is 2.25. The van der Waals surface area contributed by atoms with Crippen LogP contribution in [0.1, 0.15) is 61.9 Å². The quantitative estimate of drug-likeness (QED) is 0.855. The SMILES string of the molecule is CCNc1cc(C)ccc1C(=O)NC1CCCCC1CC. The first-order valence-electron chi connectivity index (χ1n) is 8.31. The first-order valence-corrected chi connectivity index (χ1v) is 8.31. The van der Waals surface area contributed by atoms with Gasteiger partial charge in [0.2, 0.25) is 0 Å². The predicted octanol–water partition coefficient (Wildman–Crippen LogP) is 4.13. The second kappa shape index (κ2) is 7.48. The second-order valence-corrected chi connectivity index (χ2v) is 6.11. The van der Waals surface area contributed by atoms with E-state index in [1.54, 1.807) is 0 Å². The minimum Gasteiger partial charge on any atom is -0.385 e. The molecule has 1 fully saturated rings. The zero-order valence-electron chi connectivity index (χ0n) is 13.5. The van der Waals surface area contributed by atoms with Crippen LogP contribution in [-0.4, -0.2) is 18.5 Å². The van der Waals surface area contributed by atoms with Gasteiger partial charge in [0, 0.05) is 18.3 Å². The fourth-order valence-electron chi connectivity index (χ4n) is 3.33. The molecule has 2 N–H and O–H groups in total. The molecular formula is C18H28N2O. The van der Waals surface area contributed by atoms with Gasteiger partial charge in [0.15, 0.2) is 0 Å². The molecule has 1 aromatic carbocycles. The monoisotopic (exact) mass is 288 g/mol. The Hall–Kier alpha value is -1.51. The van der Waals surface area contributed by atoms with E-state index in [9.17, 15) is 4.79 Å². The van der Waals surface area contributed by atoms with Gasteiger partial charge in [-0.15, -0.1) is 0 Å². The summed E-state index contributed by atoms with van der Waals surface area (Å²) < 4.78 is 0. The number of rotatable bonds is 5. The van der Waals surface area contributed by atoms with Crippen LogP contribution >= 0.6 is 0 Å². The molecule has 3 nitrogen and oxygen atoms in total. The van der Waals surface area contributed by atoms with E-state index in [1.807, 2.05) is 12.1 Å². The number of benzene rings is 1. The van der Waals surface area contributed by atoms with Crippen molar-refractivity contribution in [1.29, 1.82) is 0 Å². The molecule has 1 aromatic rings. The zero-order chi connectivity index (χ0) is 15.2. The first kappa shape index (κ1) is 15.9. The Bertz CT molecular complexity index is 484. The van der Waals surface area contributed by atoms with Crippen LogP contribution in [0.4, 0.5) is 5.69 Å². The fraction of sp³-hybridized carbons (Fsp3) is 0.611. The minimum absolute atomic E-state index is 0.0660. The maximum absolute atomic E-state index is 12.6. The lowest BCUT2D eigenvalue weighted by Crippen LogP contribution is -2.42. The van der Waals surface area contributed by atoms with E-state index in [1.165, 1.54) is 24.8 Å². The number of hydrogen-bond donors (Lipinski definition) is 2. The van der Waals surface area contributed by atoms with E-state index in [2.05, 4.69) is 37.5 Å². The number of carbonyl (C=O) groups excluding carboxylic acids is 1. The van der Waals surface area contributed by atoms with Crippen molar-refractivity contribution in [2.75, 3.05) is 11.9 Å². The van der Waals surface area contributed by atoms with Gasteiger partial charge in [-0.3, -0.25) is 4.79 Å². The Balaban J connectivity index is 2.12. The fourth-order valence-corrected chi connectivity index (χ4v) is 3.33. The summed E-state index contributed by atoms with van der Waals surface area (Å²) in [5, 5.41) is 6.57. The number of carbonyl (C=O) groups is 1. The van der Waals surface area contributed by atoms with Crippen LogP contribution in [0.3, 0.4) is 0 Å². The normalized spacial score (nSPS) is 21.9. The number of hydrogen-bond acceptors (Lipinski definition) is 2. The molecule has 2 rings (SSSR count). The average Bonchev–Trinajstić information content (AvgIpc) is 2.48. The molecule has 1 aliphatic carbocycles. The molecule has 0 spiro atoms. The number of nitrogens with one attached hydrogen (secondary N) is 2. The van der Waals surface area contributed by atoms with E-state index in [0.717, 1.165) is 30.6 Å². The summed E-state index contributed by atoms with van der Waals surface area (Å²) in [6, 6.07) is 6.34. The second-order valence-electron chi connectivity index (χ2n) is 6.11. The molecule has 0 radical (unpaired) electrons. The van der Waals surface area contributed by atoms with E-state index < -0.39 is 0 Å². The summed E-state index contributed by atoms with van der Waals surface area (Å²) in [6.45, 7) is 7.16. The van der Waals surface area contributed by atoms with Gasteiger partial charge in [-0.25, -0.2) is 0 Å². The van der Waals surface area contributed by atoms with Crippen LogP contribution in [0.25, 0.3) is 0 Å². The maximum Gasteiger partial charge on any atom is 0.253 e. The molecule has 1 saturated carbocycles. The van der Waals surface area contributed by atoms with Gasteiger partial charge >= 0.3 is 0 Å². The third-order valence-corrected chi connectivity index (χ3v) is 4.54. The Morgan fingerprint density at radius 3 is 2.71 bits per heavy atom. The Kier molecular flexibility index (Phi) is 5.66. The van der Waals surface area contributed by atoms with Crippen LogP contribution in [-0.2, 0) is 0 Å². The van der Waals surface area contributed by atoms with Crippen LogP contribution in [0, 0.1) is 12.8 Å². The van der Waals surface area contributed by atoms with Crippen LogP contribution in [0.15, 0.2) is 18.2 Å². The summed E-state index contributed by atoms with van der Waals surface area (Å²) in [4.78, 5) is 12.6. The van der Waals surface area contributed by atoms with Gasteiger partial charge < -0.3 is 10.6 Å². The lowest BCUT2D eigenvalue weighted by molar-refractivity contribution is 0.0905. The first-order chi connectivity index (χ1) is 10.2. The molecule has 3 heteroatoms. The smallest absolute Gasteiger partial charge is 0.253 e. The van der Waals surface area contributed by atoms with E-state index in [4.69, 9.17) is 0 Å². The molecule has 116 valence electrons. The van der Waals surface area contributed by atoms with Crippen molar-refractivity contribution in [3.8, 4) is 0 Å². The lowest BCUT2D eigenvalue weighted by atomic mass is 9.83. The number of anilines is 1. The van der Waals surface area contributed by atoms with Gasteiger partial charge in [0.05, 0.1) is 5.56 Å². The van der Waals surface area contributed by atoms with Crippen molar-refractivity contribution >= 4 is 11.6 Å². The molecule has 2 unspecified atom stereocenters. The molecular weight excluding hydrogens is 260 g/mol. The Morgan fingerprint density at radius 2 is 2.00 bits per heavy atom. The van der Waals surface area contributed by atoms with E-state index >= 15 is 0 Å². The largest absolute Gasteiger partial charge is 0.385 e. The average molecular weight is 288 g/mol. The topological polar surface area (TPSA) is 41.1 Å². The summed E-state index contributed by atoms with van der Waals surface area (Å²) in [5.74, 6) is 0.701. The zero-order valence-corrected chi connectivity index (χ0v) is 13.5. The summed E-state index contributed by atoms with van der Waals surface area (Å²) in [7, 11) is 0. The van der Waals surface area contributed by atoms with Gasteiger partial charge in [-0.2, -0.15) is 0 Å². The van der Waals surface area contributed by atoms with Crippen LogP contribution < -0.4 is 10.6 Å². The molecule has 21 heavy (non-hydrogen) atoms. The molecule has 0 heterocycles. The molecule has 1 amide bonds. The molecule has 0 aromatic heterocycles. The Morgan fingerprint density at radius 1 is 1.24 bits per heavy atom. The van der Waals surface area contributed by atoms with Gasteiger partial charge in [-0.05, 0) is 50.3 Å². The molecule has 1 aliphatic rings. The summed E-state index contributed by atoms with van der Waals surface area (Å²) in [6.07, 6.45) is 6.05. The van der Waals surface area contributed by atoms with Crippen molar-refractivity contribution in [3.63, 3.8) is 0 Å². The lowest BCUT2D eigenvalue weighted by Gasteiger charge is -2.31. The van der Waals surface area contributed by atoms with Crippen molar-refractivity contribution in [1.82, 2.24) is 5.32 Å². The third-order valence-electron chi connectivity index (χ3n) is 4.54. The summed E-state index contributed by atoms with van der Waals surface area (Å²) >= 11 is 0. The molecule has 0 bridgehead atoms. The number of aryl methyl sites for hydroxylation is 1. The highest BCUT2D eigenvalue weighted by molar-refractivity contribution is 5.99. The van der Waals surface area contributed by atoms with Crippen molar-refractivity contribution < 1.29 is 4.79 Å². The standard InChI is InChI=1S/C18H28N2O/c1-4-14-8-6-7-9-16(14)20-18(21)15-11-10-13(3)12-17(15)19-5-2/h10-12,14,16,19H,4-9H2,1-3H3,(H,20,21). The minimum atomic E-state index is 0.0660. The van der Waals surface area contributed by atoms with Gasteiger partial charge in [0.1, 0.15) is 0 Å². The van der Waals surface area contributed by atoms with E-state index in [-0.39, 0.29) is 5.91 Å². The van der Waals surface area contributed by atoms with Gasteiger partial charge in [-0.1, -0.05) is 32.3 Å². The molecule has 0 aliphatic heterocycles. The molecule has 0 saturated heterocycles. The van der Waals surface area contributed by atoms with Crippen LogP contribution in [0.2, 0.25) is 0 Å². The highest BCUT2D eigenvalue weighted by atomic mass is 16.1. The van der Waals surface area contributed by atoms with Gasteiger partial charge in [0.25, 0.3) is 5.91 Å². The summed E-state index contributed by atoms with van der Waals surface area (Å²) in [5.41, 5.74) is 2.88. The van der Waals surface area contributed by atoms with Crippen molar-refractivity contribution in [3.05, 3.63) is 29.3 Å². The molecule has 2 atom stereocenters. The number of amides is 1. The third kappa shape index (κ3) is 3.99. The predicted molar refractivity (Wildman–Crippen MR) is 88.8 cm³/mol. The Labute approximate surface area is 128 Å². The van der Waals surface area contributed by atoms with Crippen molar-refractivity contribution in [2.24, 2.45) is 5.92 Å².